The second-order valence-corrected chi connectivity index (χ2v) is 9.23. The molecule has 3 aliphatic rings. The Morgan fingerprint density at radius 1 is 1.09 bits per heavy atom. The van der Waals surface area contributed by atoms with Crippen molar-refractivity contribution in [1.82, 2.24) is 4.90 Å². The van der Waals surface area contributed by atoms with Crippen LogP contribution in [0.25, 0.3) is 35.4 Å². The number of carbonyl (C=O) groups is 1. The minimum Gasteiger partial charge on any atom is -0.492 e. The van der Waals surface area contributed by atoms with Crippen LogP contribution in [0.1, 0.15) is 43.7 Å². The number of benzene rings is 2. The second kappa shape index (κ2) is 9.12. The van der Waals surface area contributed by atoms with Crippen LogP contribution < -0.4 is 15.2 Å². The molecule has 1 fully saturated rings. The fourth-order valence-electron chi connectivity index (χ4n) is 4.99. The summed E-state index contributed by atoms with van der Waals surface area (Å²) >= 11 is 0. The third kappa shape index (κ3) is 4.46. The minimum atomic E-state index is -1.55. The van der Waals surface area contributed by atoms with Crippen LogP contribution in [0.5, 0.6) is 5.75 Å². The highest BCUT2D eigenvalue weighted by atomic mass is 16.5. The SMILES string of the molecule is CC(=O)C1(O)C=Cc2c3c(c(-c4ccc(OCCN5CCCCC5)cc4)cc2=C1)=CCC=C3. The third-order valence-electron chi connectivity index (χ3n) is 6.96. The van der Waals surface area contributed by atoms with Gasteiger partial charge in [-0.3, -0.25) is 9.69 Å². The fraction of sp³-hybridized carbons (Fsp3) is 0.345. The molecule has 1 heterocycles. The van der Waals surface area contributed by atoms with Crippen molar-refractivity contribution in [2.24, 2.45) is 0 Å². The van der Waals surface area contributed by atoms with Crippen LogP contribution in [0.4, 0.5) is 0 Å². The first kappa shape index (κ1) is 21.9. The molecule has 33 heavy (non-hydrogen) atoms. The van der Waals surface area contributed by atoms with Crippen LogP contribution >= 0.6 is 0 Å². The predicted molar refractivity (Wildman–Crippen MR) is 134 cm³/mol. The van der Waals surface area contributed by atoms with Gasteiger partial charge in [-0.05, 0) is 102 Å². The summed E-state index contributed by atoms with van der Waals surface area (Å²) < 4.78 is 6.01. The van der Waals surface area contributed by atoms with Gasteiger partial charge in [0.15, 0.2) is 11.4 Å². The minimum absolute atomic E-state index is 0.281. The van der Waals surface area contributed by atoms with E-state index < -0.39 is 5.60 Å². The van der Waals surface area contributed by atoms with Crippen molar-refractivity contribution >= 4 is 30.1 Å². The van der Waals surface area contributed by atoms with Gasteiger partial charge in [-0.1, -0.05) is 42.9 Å². The predicted octanol–water partition coefficient (Wildman–Crippen LogP) is 3.54. The Hall–Kier alpha value is -2.95. The van der Waals surface area contributed by atoms with Crippen molar-refractivity contribution in [2.75, 3.05) is 26.2 Å². The number of ketones is 1. The molecule has 0 radical (unpaired) electrons. The van der Waals surface area contributed by atoms with Gasteiger partial charge in [0.1, 0.15) is 12.4 Å². The molecule has 1 saturated heterocycles. The molecular weight excluding hydrogens is 410 g/mol. The molecule has 4 nitrogen and oxygen atoms in total. The van der Waals surface area contributed by atoms with Gasteiger partial charge in [0.25, 0.3) is 0 Å². The van der Waals surface area contributed by atoms with Crippen molar-refractivity contribution in [3.63, 3.8) is 0 Å². The zero-order chi connectivity index (χ0) is 22.8. The molecule has 0 amide bonds. The zero-order valence-electron chi connectivity index (χ0n) is 19.2. The Kier molecular flexibility index (Phi) is 6.05. The summed E-state index contributed by atoms with van der Waals surface area (Å²) in [5.74, 6) is 0.601. The van der Waals surface area contributed by atoms with E-state index in [0.29, 0.717) is 6.61 Å². The molecule has 2 aromatic carbocycles. The fourth-order valence-corrected chi connectivity index (χ4v) is 4.99. The van der Waals surface area contributed by atoms with E-state index in [1.54, 1.807) is 12.2 Å². The number of hydrogen-bond acceptors (Lipinski definition) is 4. The maximum Gasteiger partial charge on any atom is 0.169 e. The average Bonchev–Trinajstić information content (AvgIpc) is 2.84. The lowest BCUT2D eigenvalue weighted by atomic mass is 9.85. The lowest BCUT2D eigenvalue weighted by molar-refractivity contribution is -0.126. The van der Waals surface area contributed by atoms with E-state index in [1.165, 1.54) is 44.5 Å². The van der Waals surface area contributed by atoms with Crippen LogP contribution in [-0.4, -0.2) is 47.6 Å². The van der Waals surface area contributed by atoms with Gasteiger partial charge in [0.05, 0.1) is 0 Å². The normalized spacial score (nSPS) is 21.5. The van der Waals surface area contributed by atoms with Gasteiger partial charge in [-0.2, -0.15) is 0 Å². The molecule has 2 aliphatic carbocycles. The number of piperidine rings is 1. The topological polar surface area (TPSA) is 49.8 Å². The Morgan fingerprint density at radius 2 is 1.88 bits per heavy atom. The highest BCUT2D eigenvalue weighted by Crippen LogP contribution is 2.25. The molecule has 1 unspecified atom stereocenters. The molecule has 4 heteroatoms. The second-order valence-electron chi connectivity index (χ2n) is 9.23. The molecule has 1 aliphatic heterocycles. The number of nitrogens with zero attached hydrogens (tertiary/aromatic N) is 1. The molecular formula is C29H31NO3. The van der Waals surface area contributed by atoms with Gasteiger partial charge < -0.3 is 9.84 Å². The molecule has 1 atom stereocenters. The molecule has 170 valence electrons. The summed E-state index contributed by atoms with van der Waals surface area (Å²) in [7, 11) is 0. The number of Topliss-reactive ketones (excluding diaryl/α,β-unsaturated/α-hetero) is 1. The smallest absolute Gasteiger partial charge is 0.169 e. The Morgan fingerprint density at radius 3 is 2.64 bits per heavy atom. The van der Waals surface area contributed by atoms with E-state index >= 15 is 0 Å². The molecule has 0 bridgehead atoms. The van der Waals surface area contributed by atoms with Crippen molar-refractivity contribution < 1.29 is 14.6 Å². The van der Waals surface area contributed by atoms with E-state index in [2.05, 4.69) is 41.3 Å². The van der Waals surface area contributed by atoms with Crippen LogP contribution in [0, 0.1) is 0 Å². The van der Waals surface area contributed by atoms with E-state index in [9.17, 15) is 9.90 Å². The molecule has 0 spiro atoms. The highest BCUT2D eigenvalue weighted by Gasteiger charge is 2.29. The standard InChI is InChI=1S/C29H31NO3/c1-21(31)29(32)14-13-25-23(20-29)19-28(27-8-4-3-7-26(25)27)22-9-11-24(12-10-22)33-18-17-30-15-5-2-6-16-30/h3,7-14,19-20,32H,2,4-6,15-18H2,1H3. The maximum absolute atomic E-state index is 12.0. The maximum atomic E-state index is 12.0. The Balaban J connectivity index is 1.43. The number of rotatable bonds is 6. The van der Waals surface area contributed by atoms with Crippen LogP contribution in [0.2, 0.25) is 0 Å². The van der Waals surface area contributed by atoms with Gasteiger partial charge in [0.2, 0.25) is 0 Å². The van der Waals surface area contributed by atoms with Crippen LogP contribution in [0.3, 0.4) is 0 Å². The summed E-state index contributed by atoms with van der Waals surface area (Å²) in [4.78, 5) is 14.5. The monoisotopic (exact) mass is 441 g/mol. The lowest BCUT2D eigenvalue weighted by Crippen LogP contribution is -2.37. The number of aliphatic hydroxyl groups is 1. The quantitative estimate of drug-likeness (QED) is 0.745. The summed E-state index contributed by atoms with van der Waals surface area (Å²) in [6.45, 7) is 5.47. The Bertz CT molecular complexity index is 1230. The van der Waals surface area contributed by atoms with Crippen molar-refractivity contribution in [1.29, 1.82) is 0 Å². The van der Waals surface area contributed by atoms with Crippen molar-refractivity contribution in [3.05, 3.63) is 64.0 Å². The van der Waals surface area contributed by atoms with Gasteiger partial charge in [-0.25, -0.2) is 0 Å². The number of carbonyl (C=O) groups excluding carboxylic acids is 1. The zero-order valence-corrected chi connectivity index (χ0v) is 19.2. The van der Waals surface area contributed by atoms with Crippen molar-refractivity contribution in [2.45, 2.75) is 38.2 Å². The first-order chi connectivity index (χ1) is 16.0. The van der Waals surface area contributed by atoms with Gasteiger partial charge >= 0.3 is 0 Å². The average molecular weight is 442 g/mol. The van der Waals surface area contributed by atoms with Gasteiger partial charge in [0, 0.05) is 6.54 Å². The summed E-state index contributed by atoms with van der Waals surface area (Å²) in [5.41, 5.74) is 2.83. The molecule has 0 aromatic heterocycles. The Labute approximate surface area is 195 Å². The molecule has 1 N–H and O–H groups in total. The van der Waals surface area contributed by atoms with Crippen molar-refractivity contribution in [3.8, 4) is 16.9 Å². The molecule has 0 saturated carbocycles. The number of hydrogen-bond donors (Lipinski definition) is 1. The number of likely N-dealkylation sites (tertiary alicyclic amines) is 1. The van der Waals surface area contributed by atoms with E-state index in [4.69, 9.17) is 4.74 Å². The van der Waals surface area contributed by atoms with Crippen LogP contribution in [-0.2, 0) is 4.79 Å². The number of allylic oxidation sites excluding steroid dienone is 1. The summed E-state index contributed by atoms with van der Waals surface area (Å²) in [5, 5.41) is 12.8. The van der Waals surface area contributed by atoms with E-state index in [0.717, 1.165) is 46.2 Å². The third-order valence-corrected chi connectivity index (χ3v) is 6.96. The first-order valence-electron chi connectivity index (χ1n) is 12.0. The lowest BCUT2D eigenvalue weighted by Gasteiger charge is -2.26. The van der Waals surface area contributed by atoms with Crippen LogP contribution in [0.15, 0.2) is 42.5 Å². The van der Waals surface area contributed by atoms with E-state index in [1.807, 2.05) is 18.2 Å². The largest absolute Gasteiger partial charge is 0.492 e. The molecule has 2 aromatic rings. The first-order valence-corrected chi connectivity index (χ1v) is 12.0. The van der Waals surface area contributed by atoms with E-state index in [-0.39, 0.29) is 5.78 Å². The number of ether oxygens (including phenoxy) is 1. The summed E-state index contributed by atoms with van der Waals surface area (Å²) in [6, 6.07) is 10.4. The highest BCUT2D eigenvalue weighted by molar-refractivity contribution is 5.97. The van der Waals surface area contributed by atoms with Gasteiger partial charge in [-0.15, -0.1) is 0 Å². The number of fused-ring (bicyclic) bond motifs is 3. The molecule has 5 rings (SSSR count). The summed E-state index contributed by atoms with van der Waals surface area (Å²) in [6.07, 6.45) is 16.5.